The Bertz CT molecular complexity index is 346. The van der Waals surface area contributed by atoms with E-state index in [1.54, 1.807) is 6.20 Å². The second-order valence-corrected chi connectivity index (χ2v) is 5.38. The van der Waals surface area contributed by atoms with Crippen molar-refractivity contribution in [2.24, 2.45) is 11.8 Å². The van der Waals surface area contributed by atoms with Gasteiger partial charge in [-0.3, -0.25) is 4.68 Å². The molecule has 3 nitrogen and oxygen atoms in total. The molecule has 0 saturated heterocycles. The molecule has 1 heterocycles. The predicted molar refractivity (Wildman–Crippen MR) is 73.3 cm³/mol. The van der Waals surface area contributed by atoms with E-state index in [1.165, 1.54) is 0 Å². The van der Waals surface area contributed by atoms with Crippen molar-refractivity contribution < 1.29 is 0 Å². The Morgan fingerprint density at radius 3 is 2.53 bits per heavy atom. The molecule has 1 rings (SSSR count). The Kier molecular flexibility index (Phi) is 5.47. The summed E-state index contributed by atoms with van der Waals surface area (Å²) in [6, 6.07) is 0.261. The molecule has 0 radical (unpaired) electrons. The van der Waals surface area contributed by atoms with Crippen molar-refractivity contribution in [1.29, 1.82) is 0 Å². The Morgan fingerprint density at radius 2 is 2.06 bits per heavy atom. The molecule has 1 aromatic rings. The number of nitrogens with one attached hydrogen (secondary N) is 1. The maximum absolute atomic E-state index is 6.28. The summed E-state index contributed by atoms with van der Waals surface area (Å²) in [5.74, 6) is 1.12. The highest BCUT2D eigenvalue weighted by molar-refractivity contribution is 6.31. The molecule has 4 heteroatoms. The van der Waals surface area contributed by atoms with Crippen molar-refractivity contribution in [3.8, 4) is 0 Å². The molecule has 0 saturated carbocycles. The summed E-state index contributed by atoms with van der Waals surface area (Å²) in [4.78, 5) is 0. The van der Waals surface area contributed by atoms with Gasteiger partial charge in [-0.05, 0) is 25.3 Å². The molecule has 0 aliphatic carbocycles. The van der Waals surface area contributed by atoms with Crippen LogP contribution >= 0.6 is 11.6 Å². The minimum Gasteiger partial charge on any atom is -0.311 e. The van der Waals surface area contributed by atoms with Crippen LogP contribution in [0.25, 0.3) is 0 Å². The summed E-state index contributed by atoms with van der Waals surface area (Å²) >= 11 is 6.28. The lowest BCUT2D eigenvalue weighted by atomic mass is 9.88. The molecular weight excluding hydrogens is 234 g/mol. The fourth-order valence-electron chi connectivity index (χ4n) is 2.10. The van der Waals surface area contributed by atoms with Crippen molar-refractivity contribution in [1.82, 2.24) is 15.1 Å². The van der Waals surface area contributed by atoms with Crippen LogP contribution in [0.1, 0.15) is 45.9 Å². The van der Waals surface area contributed by atoms with Gasteiger partial charge in [0.2, 0.25) is 0 Å². The minimum atomic E-state index is 0.261. The first-order valence-electron chi connectivity index (χ1n) is 6.41. The maximum Gasteiger partial charge on any atom is 0.0834 e. The third-order valence-corrected chi connectivity index (χ3v) is 3.74. The third kappa shape index (κ3) is 3.23. The highest BCUT2D eigenvalue weighted by Gasteiger charge is 2.26. The number of aromatic nitrogens is 2. The lowest BCUT2D eigenvalue weighted by molar-refractivity contribution is 0.301. The van der Waals surface area contributed by atoms with Gasteiger partial charge in [-0.1, -0.05) is 39.3 Å². The van der Waals surface area contributed by atoms with Crippen LogP contribution < -0.4 is 5.32 Å². The highest BCUT2D eigenvalue weighted by Crippen LogP contribution is 2.31. The number of nitrogens with zero attached hydrogens (tertiary/aromatic N) is 2. The SMILES string of the molecule is CCCn1ncc(Cl)c1C(NC)C(C)C(C)C. The monoisotopic (exact) mass is 257 g/mol. The van der Waals surface area contributed by atoms with Gasteiger partial charge in [0.05, 0.1) is 23.0 Å². The molecule has 0 aromatic carbocycles. The molecule has 0 amide bonds. The first kappa shape index (κ1) is 14.5. The molecule has 2 unspecified atom stereocenters. The van der Waals surface area contributed by atoms with E-state index < -0.39 is 0 Å². The van der Waals surface area contributed by atoms with E-state index in [0.29, 0.717) is 11.8 Å². The van der Waals surface area contributed by atoms with Gasteiger partial charge in [0.1, 0.15) is 0 Å². The van der Waals surface area contributed by atoms with Crippen molar-refractivity contribution >= 4 is 11.6 Å². The molecule has 0 bridgehead atoms. The fourth-order valence-corrected chi connectivity index (χ4v) is 2.36. The van der Waals surface area contributed by atoms with Gasteiger partial charge in [-0.2, -0.15) is 5.10 Å². The number of halogens is 1. The van der Waals surface area contributed by atoms with Crippen LogP contribution in [-0.2, 0) is 6.54 Å². The van der Waals surface area contributed by atoms with Crippen molar-refractivity contribution in [2.45, 2.75) is 46.7 Å². The van der Waals surface area contributed by atoms with E-state index in [2.05, 4.69) is 38.1 Å². The fraction of sp³-hybridized carbons (Fsp3) is 0.769. The van der Waals surface area contributed by atoms with Crippen LogP contribution in [0, 0.1) is 11.8 Å². The average molecular weight is 258 g/mol. The molecular formula is C13H24ClN3. The van der Waals surface area contributed by atoms with Gasteiger partial charge in [0.15, 0.2) is 0 Å². The smallest absolute Gasteiger partial charge is 0.0834 e. The molecule has 0 spiro atoms. The Labute approximate surface area is 110 Å². The maximum atomic E-state index is 6.28. The van der Waals surface area contributed by atoms with Gasteiger partial charge in [0, 0.05) is 6.54 Å². The van der Waals surface area contributed by atoms with E-state index in [4.69, 9.17) is 11.6 Å². The number of rotatable bonds is 6. The number of hydrogen-bond acceptors (Lipinski definition) is 2. The van der Waals surface area contributed by atoms with E-state index in [9.17, 15) is 0 Å². The highest BCUT2D eigenvalue weighted by atomic mass is 35.5. The van der Waals surface area contributed by atoms with Crippen molar-refractivity contribution in [2.75, 3.05) is 7.05 Å². The predicted octanol–water partition coefficient (Wildman–Crippen LogP) is 3.50. The van der Waals surface area contributed by atoms with Crippen LogP contribution in [-0.4, -0.2) is 16.8 Å². The van der Waals surface area contributed by atoms with Crippen LogP contribution in [0.3, 0.4) is 0 Å². The molecule has 17 heavy (non-hydrogen) atoms. The topological polar surface area (TPSA) is 29.9 Å². The summed E-state index contributed by atoms with van der Waals surface area (Å²) < 4.78 is 2.03. The number of aryl methyl sites for hydroxylation is 1. The summed E-state index contributed by atoms with van der Waals surface area (Å²) in [6.07, 6.45) is 2.82. The quantitative estimate of drug-likeness (QED) is 0.845. The lowest BCUT2D eigenvalue weighted by Crippen LogP contribution is -2.29. The van der Waals surface area contributed by atoms with Crippen LogP contribution in [0.15, 0.2) is 6.20 Å². The first-order chi connectivity index (χ1) is 8.02. The molecule has 2 atom stereocenters. The van der Waals surface area contributed by atoms with Gasteiger partial charge in [-0.15, -0.1) is 0 Å². The van der Waals surface area contributed by atoms with E-state index in [-0.39, 0.29) is 6.04 Å². The Morgan fingerprint density at radius 1 is 1.41 bits per heavy atom. The van der Waals surface area contributed by atoms with E-state index in [0.717, 1.165) is 23.7 Å². The summed E-state index contributed by atoms with van der Waals surface area (Å²) in [5.41, 5.74) is 1.12. The van der Waals surface area contributed by atoms with Gasteiger partial charge < -0.3 is 5.32 Å². The lowest BCUT2D eigenvalue weighted by Gasteiger charge is -2.27. The second kappa shape index (κ2) is 6.41. The summed E-state index contributed by atoms with van der Waals surface area (Å²) in [6.45, 7) is 9.81. The van der Waals surface area contributed by atoms with Crippen LogP contribution in [0.5, 0.6) is 0 Å². The first-order valence-corrected chi connectivity index (χ1v) is 6.79. The molecule has 1 N–H and O–H groups in total. The molecule has 0 aliphatic heterocycles. The van der Waals surface area contributed by atoms with E-state index >= 15 is 0 Å². The Balaban J connectivity index is 3.05. The zero-order valence-corrected chi connectivity index (χ0v) is 12.3. The molecule has 98 valence electrons. The standard InChI is InChI=1S/C13H24ClN3/c1-6-7-17-13(11(14)8-16-17)12(15-5)10(4)9(2)3/h8-10,12,15H,6-7H2,1-5H3. The summed E-state index contributed by atoms with van der Waals surface area (Å²) in [5, 5.41) is 8.51. The number of hydrogen-bond donors (Lipinski definition) is 1. The minimum absolute atomic E-state index is 0.261. The van der Waals surface area contributed by atoms with Crippen molar-refractivity contribution in [3.05, 3.63) is 16.9 Å². The van der Waals surface area contributed by atoms with Crippen LogP contribution in [0.2, 0.25) is 5.02 Å². The second-order valence-electron chi connectivity index (χ2n) is 4.97. The average Bonchev–Trinajstić information content (AvgIpc) is 2.63. The normalized spacial score (nSPS) is 15.2. The zero-order chi connectivity index (χ0) is 13.0. The van der Waals surface area contributed by atoms with Crippen LogP contribution in [0.4, 0.5) is 0 Å². The van der Waals surface area contributed by atoms with E-state index in [1.807, 2.05) is 11.7 Å². The zero-order valence-electron chi connectivity index (χ0n) is 11.5. The Hall–Kier alpha value is -0.540. The molecule has 0 fully saturated rings. The van der Waals surface area contributed by atoms with Gasteiger partial charge in [-0.25, -0.2) is 0 Å². The van der Waals surface area contributed by atoms with Gasteiger partial charge in [0.25, 0.3) is 0 Å². The largest absolute Gasteiger partial charge is 0.311 e. The molecule has 0 aliphatic rings. The third-order valence-electron chi connectivity index (χ3n) is 3.45. The summed E-state index contributed by atoms with van der Waals surface area (Å²) in [7, 11) is 1.99. The molecule has 1 aromatic heterocycles. The van der Waals surface area contributed by atoms with Gasteiger partial charge >= 0.3 is 0 Å². The van der Waals surface area contributed by atoms with Crippen molar-refractivity contribution in [3.63, 3.8) is 0 Å².